The monoisotopic (exact) mass is 497 g/mol. The van der Waals surface area contributed by atoms with Gasteiger partial charge in [-0.15, -0.1) is 0 Å². The van der Waals surface area contributed by atoms with E-state index in [1.54, 1.807) is 19.2 Å². The molecule has 1 amide bonds. The fraction of sp³-hybridized carbons (Fsp3) is 0.290. The number of hydrogen-bond donors (Lipinski definition) is 1. The second-order valence-electron chi connectivity index (χ2n) is 10.5. The van der Waals surface area contributed by atoms with Crippen molar-refractivity contribution in [2.24, 2.45) is 0 Å². The number of ketones is 1. The van der Waals surface area contributed by atoms with Crippen molar-refractivity contribution < 1.29 is 24.2 Å². The summed E-state index contributed by atoms with van der Waals surface area (Å²) in [6, 6.07) is 20.0. The Morgan fingerprint density at radius 2 is 1.78 bits per heavy atom. The molecule has 6 heteroatoms. The number of hydrogen-bond acceptors (Lipinski definition) is 5. The van der Waals surface area contributed by atoms with Crippen LogP contribution in [0.2, 0.25) is 0 Å². The number of carbonyl (C=O) groups is 2. The minimum atomic E-state index is -0.747. The second-order valence-corrected chi connectivity index (χ2v) is 10.5. The number of methoxy groups -OCH3 is 1. The molecular weight excluding hydrogens is 466 g/mol. The van der Waals surface area contributed by atoms with E-state index < -0.39 is 17.7 Å². The average Bonchev–Trinajstić information content (AvgIpc) is 3.46. The van der Waals surface area contributed by atoms with E-state index in [0.29, 0.717) is 17.9 Å². The number of benzene rings is 3. The first-order valence-electron chi connectivity index (χ1n) is 12.5. The van der Waals surface area contributed by atoms with Crippen LogP contribution >= 0.6 is 0 Å². The largest absolute Gasteiger partial charge is 0.507 e. The summed E-state index contributed by atoms with van der Waals surface area (Å²) < 4.78 is 11.1. The normalized spacial score (nSPS) is 18.6. The van der Waals surface area contributed by atoms with E-state index in [2.05, 4.69) is 20.8 Å². The topological polar surface area (TPSA) is 76.1 Å². The Kier molecular flexibility index (Phi) is 6.28. The van der Waals surface area contributed by atoms with Crippen LogP contribution in [0.3, 0.4) is 0 Å². The molecule has 3 aromatic rings. The molecule has 0 spiro atoms. The number of Topliss-reactive ketones (excluding diaryl/α,β-unsaturated/α-hetero) is 1. The van der Waals surface area contributed by atoms with Gasteiger partial charge in [0, 0.05) is 17.5 Å². The predicted octanol–water partition coefficient (Wildman–Crippen LogP) is 5.55. The van der Waals surface area contributed by atoms with E-state index >= 15 is 0 Å². The SMILES string of the molecule is COc1ccccc1CN1C(=O)C(=O)/C(=C(\O)c2ccc3c(c2)CCO3)C1c1ccc(C(C)(C)C)cc1. The molecule has 2 aliphatic rings. The maximum atomic E-state index is 13.5. The predicted molar refractivity (Wildman–Crippen MR) is 142 cm³/mol. The number of carbonyl (C=O) groups excluding carboxylic acids is 2. The molecule has 0 aromatic heterocycles. The van der Waals surface area contributed by atoms with Crippen LogP contribution in [0.4, 0.5) is 0 Å². The van der Waals surface area contributed by atoms with Crippen molar-refractivity contribution in [3.8, 4) is 11.5 Å². The summed E-state index contributed by atoms with van der Waals surface area (Å²) in [7, 11) is 1.58. The van der Waals surface area contributed by atoms with Crippen LogP contribution in [-0.4, -0.2) is 35.4 Å². The van der Waals surface area contributed by atoms with Gasteiger partial charge < -0.3 is 19.5 Å². The molecule has 1 unspecified atom stereocenters. The molecule has 37 heavy (non-hydrogen) atoms. The minimum Gasteiger partial charge on any atom is -0.507 e. The highest BCUT2D eigenvalue weighted by molar-refractivity contribution is 6.46. The standard InChI is InChI=1S/C31H31NO5/c1-31(2,3)23-12-9-19(10-13-23)27-26(28(33)21-11-14-25-20(17-21)15-16-37-25)29(34)30(35)32(27)18-22-7-5-6-8-24(22)36-4/h5-14,17,27,33H,15-16,18H2,1-4H3/b28-26-. The zero-order valence-corrected chi connectivity index (χ0v) is 21.6. The lowest BCUT2D eigenvalue weighted by atomic mass is 9.85. The van der Waals surface area contributed by atoms with Gasteiger partial charge in [-0.1, -0.05) is 63.2 Å². The molecule has 0 aliphatic carbocycles. The second kappa shape index (κ2) is 9.43. The first-order valence-corrected chi connectivity index (χ1v) is 12.5. The lowest BCUT2D eigenvalue weighted by Gasteiger charge is -2.27. The number of amides is 1. The van der Waals surface area contributed by atoms with Gasteiger partial charge in [0.15, 0.2) is 0 Å². The molecule has 3 aromatic carbocycles. The molecule has 2 aliphatic heterocycles. The zero-order chi connectivity index (χ0) is 26.3. The summed E-state index contributed by atoms with van der Waals surface area (Å²) >= 11 is 0. The number of nitrogens with zero attached hydrogens (tertiary/aromatic N) is 1. The molecule has 1 fully saturated rings. The van der Waals surface area contributed by atoms with Gasteiger partial charge in [0.25, 0.3) is 11.7 Å². The third-order valence-electron chi connectivity index (χ3n) is 7.13. The number of aliphatic hydroxyl groups is 1. The zero-order valence-electron chi connectivity index (χ0n) is 21.6. The average molecular weight is 498 g/mol. The highest BCUT2D eigenvalue weighted by Gasteiger charge is 2.46. The van der Waals surface area contributed by atoms with Gasteiger partial charge in [0.05, 0.1) is 31.9 Å². The molecular formula is C31H31NO5. The van der Waals surface area contributed by atoms with Crippen molar-refractivity contribution in [1.82, 2.24) is 4.90 Å². The molecule has 1 atom stereocenters. The van der Waals surface area contributed by atoms with E-state index in [-0.39, 0.29) is 23.3 Å². The van der Waals surface area contributed by atoms with Gasteiger partial charge in [-0.2, -0.15) is 0 Å². The maximum absolute atomic E-state index is 13.5. The van der Waals surface area contributed by atoms with E-state index in [0.717, 1.165) is 34.4 Å². The molecule has 2 heterocycles. The molecule has 6 nitrogen and oxygen atoms in total. The molecule has 190 valence electrons. The van der Waals surface area contributed by atoms with Gasteiger partial charge in [0.1, 0.15) is 17.3 Å². The third-order valence-corrected chi connectivity index (χ3v) is 7.13. The Morgan fingerprint density at radius 1 is 1.05 bits per heavy atom. The van der Waals surface area contributed by atoms with Crippen molar-refractivity contribution in [2.45, 2.75) is 45.2 Å². The fourth-order valence-corrected chi connectivity index (χ4v) is 5.06. The fourth-order valence-electron chi connectivity index (χ4n) is 5.06. The smallest absolute Gasteiger partial charge is 0.295 e. The number of aliphatic hydroxyl groups excluding tert-OH is 1. The van der Waals surface area contributed by atoms with Crippen LogP contribution in [0, 0.1) is 0 Å². The number of rotatable bonds is 5. The Bertz CT molecular complexity index is 1400. The summed E-state index contributed by atoms with van der Waals surface area (Å²) in [6.07, 6.45) is 0.732. The van der Waals surface area contributed by atoms with Gasteiger partial charge in [-0.25, -0.2) is 0 Å². The van der Waals surface area contributed by atoms with E-state index in [1.165, 1.54) is 4.90 Å². The number of likely N-dealkylation sites (tertiary alicyclic amines) is 1. The van der Waals surface area contributed by atoms with Crippen LogP contribution in [0.5, 0.6) is 11.5 Å². The molecule has 0 radical (unpaired) electrons. The first kappa shape index (κ1) is 24.6. The van der Waals surface area contributed by atoms with Crippen LogP contribution in [-0.2, 0) is 28.0 Å². The lowest BCUT2D eigenvalue weighted by molar-refractivity contribution is -0.140. The summed E-state index contributed by atoms with van der Waals surface area (Å²) in [4.78, 5) is 28.4. The Hall–Kier alpha value is -4.06. The molecule has 1 N–H and O–H groups in total. The molecule has 0 bridgehead atoms. The van der Waals surface area contributed by atoms with Crippen molar-refractivity contribution in [3.63, 3.8) is 0 Å². The van der Waals surface area contributed by atoms with Gasteiger partial charge in [-0.05, 0) is 46.4 Å². The first-order chi connectivity index (χ1) is 17.7. The Balaban J connectivity index is 1.64. The highest BCUT2D eigenvalue weighted by atomic mass is 16.5. The summed E-state index contributed by atoms with van der Waals surface area (Å²) in [5.41, 5.74) is 4.17. The van der Waals surface area contributed by atoms with Crippen molar-refractivity contribution in [3.05, 3.63) is 100 Å². The highest BCUT2D eigenvalue weighted by Crippen LogP contribution is 2.42. The van der Waals surface area contributed by atoms with Crippen molar-refractivity contribution in [2.75, 3.05) is 13.7 Å². The molecule has 5 rings (SSSR count). The van der Waals surface area contributed by atoms with Gasteiger partial charge in [0.2, 0.25) is 0 Å². The van der Waals surface area contributed by atoms with Crippen LogP contribution in [0.15, 0.2) is 72.3 Å². The third kappa shape index (κ3) is 4.48. The number of fused-ring (bicyclic) bond motifs is 1. The van der Waals surface area contributed by atoms with Gasteiger partial charge in [-0.3, -0.25) is 9.59 Å². The van der Waals surface area contributed by atoms with E-state index in [9.17, 15) is 14.7 Å². The van der Waals surface area contributed by atoms with Crippen LogP contribution in [0.25, 0.3) is 5.76 Å². The maximum Gasteiger partial charge on any atom is 0.295 e. The lowest BCUT2D eigenvalue weighted by Crippen LogP contribution is -2.29. The molecule has 0 saturated carbocycles. The Morgan fingerprint density at radius 3 is 2.49 bits per heavy atom. The van der Waals surface area contributed by atoms with Crippen LogP contribution in [0.1, 0.15) is 54.6 Å². The van der Waals surface area contributed by atoms with Crippen molar-refractivity contribution >= 4 is 17.4 Å². The van der Waals surface area contributed by atoms with Crippen LogP contribution < -0.4 is 9.47 Å². The minimum absolute atomic E-state index is 0.0514. The molecule has 1 saturated heterocycles. The number of ether oxygens (including phenoxy) is 2. The van der Waals surface area contributed by atoms with E-state index in [1.807, 2.05) is 54.6 Å². The summed E-state index contributed by atoms with van der Waals surface area (Å²) in [5, 5.41) is 11.5. The van der Waals surface area contributed by atoms with Gasteiger partial charge >= 0.3 is 0 Å². The summed E-state index contributed by atoms with van der Waals surface area (Å²) in [6.45, 7) is 7.14. The van der Waals surface area contributed by atoms with Crippen molar-refractivity contribution in [1.29, 1.82) is 0 Å². The summed E-state index contributed by atoms with van der Waals surface area (Å²) in [5.74, 6) is -0.122. The quantitative estimate of drug-likeness (QED) is 0.284. The Labute approximate surface area is 217 Å². The van der Waals surface area contributed by atoms with E-state index in [4.69, 9.17) is 9.47 Å². The number of para-hydroxylation sites is 1.